The van der Waals surface area contributed by atoms with Crippen molar-refractivity contribution in [2.75, 3.05) is 0 Å². The number of carbonyl (C=O) groups excluding carboxylic acids is 1. The summed E-state index contributed by atoms with van der Waals surface area (Å²) >= 11 is 5.76. The zero-order chi connectivity index (χ0) is 12.3. The van der Waals surface area contributed by atoms with Crippen LogP contribution in [-0.2, 0) is 0 Å². The zero-order valence-corrected chi connectivity index (χ0v) is 9.35. The van der Waals surface area contributed by atoms with E-state index in [9.17, 15) is 4.79 Å². The molecule has 1 aromatic heterocycles. The highest BCUT2D eigenvalue weighted by Gasteiger charge is 2.14. The van der Waals surface area contributed by atoms with Crippen molar-refractivity contribution in [2.45, 2.75) is 0 Å². The molecule has 0 amide bonds. The first kappa shape index (κ1) is 11.2. The molecule has 0 aliphatic carbocycles. The lowest BCUT2D eigenvalue weighted by atomic mass is 10.0. The van der Waals surface area contributed by atoms with E-state index in [4.69, 9.17) is 16.9 Å². The minimum Gasteiger partial charge on any atom is -0.288 e. The Kier molecular flexibility index (Phi) is 3.12. The quantitative estimate of drug-likeness (QED) is 0.759. The average molecular weight is 244 g/mol. The van der Waals surface area contributed by atoms with Gasteiger partial charge in [-0.3, -0.25) is 4.79 Å². The topological polar surface area (TPSA) is 66.6 Å². The van der Waals surface area contributed by atoms with Gasteiger partial charge >= 0.3 is 0 Å². The van der Waals surface area contributed by atoms with Crippen molar-refractivity contribution in [3.8, 4) is 6.07 Å². The number of carbonyl (C=O) groups is 1. The normalized spacial score (nSPS) is 9.65. The van der Waals surface area contributed by atoms with Gasteiger partial charge in [-0.15, -0.1) is 0 Å². The molecule has 0 fully saturated rings. The van der Waals surface area contributed by atoms with Gasteiger partial charge in [0.05, 0.1) is 17.2 Å². The van der Waals surface area contributed by atoms with Crippen LogP contribution in [0, 0.1) is 11.3 Å². The summed E-state index contributed by atoms with van der Waals surface area (Å²) in [7, 11) is 0. The van der Waals surface area contributed by atoms with Crippen molar-refractivity contribution in [1.82, 2.24) is 9.97 Å². The minimum absolute atomic E-state index is 0.242. The Labute approximate surface area is 103 Å². The summed E-state index contributed by atoms with van der Waals surface area (Å²) in [6.45, 7) is 0. The van der Waals surface area contributed by atoms with Crippen molar-refractivity contribution >= 4 is 17.4 Å². The number of hydrogen-bond donors (Lipinski definition) is 0. The van der Waals surface area contributed by atoms with E-state index in [1.807, 2.05) is 6.07 Å². The molecular weight excluding hydrogens is 238 g/mol. The van der Waals surface area contributed by atoms with E-state index in [1.54, 1.807) is 6.07 Å². The summed E-state index contributed by atoms with van der Waals surface area (Å²) in [5, 5.41) is 9.37. The van der Waals surface area contributed by atoms with Gasteiger partial charge in [-0.05, 0) is 18.2 Å². The van der Waals surface area contributed by atoms with Crippen molar-refractivity contribution in [3.05, 3.63) is 58.6 Å². The standard InChI is InChI=1S/C12H6ClN3O/c13-10-1-2-11(8(3-10)4-14)12(17)9-5-15-7-16-6-9/h1-3,5-7H. The molecule has 0 saturated heterocycles. The van der Waals surface area contributed by atoms with E-state index in [0.717, 1.165) is 0 Å². The van der Waals surface area contributed by atoms with E-state index in [2.05, 4.69) is 9.97 Å². The van der Waals surface area contributed by atoms with Gasteiger partial charge in [0.1, 0.15) is 6.33 Å². The molecule has 2 rings (SSSR count). The van der Waals surface area contributed by atoms with E-state index in [1.165, 1.54) is 30.9 Å². The molecule has 0 spiro atoms. The molecule has 0 aliphatic rings. The van der Waals surface area contributed by atoms with Gasteiger partial charge < -0.3 is 0 Å². The zero-order valence-electron chi connectivity index (χ0n) is 8.59. The Balaban J connectivity index is 2.49. The SMILES string of the molecule is N#Cc1cc(Cl)ccc1C(=O)c1cncnc1. The van der Waals surface area contributed by atoms with E-state index >= 15 is 0 Å². The lowest BCUT2D eigenvalue weighted by Gasteiger charge is -2.02. The Bertz CT molecular complexity index is 605. The van der Waals surface area contributed by atoms with E-state index in [0.29, 0.717) is 16.1 Å². The summed E-state index contributed by atoms with van der Waals surface area (Å²) in [5.74, 6) is -0.293. The molecule has 0 unspecified atom stereocenters. The predicted molar refractivity (Wildman–Crippen MR) is 61.6 cm³/mol. The lowest BCUT2D eigenvalue weighted by Crippen LogP contribution is -2.04. The summed E-state index contributed by atoms with van der Waals surface area (Å²) < 4.78 is 0. The molecule has 5 heteroatoms. The second kappa shape index (κ2) is 4.73. The molecule has 0 aliphatic heterocycles. The Morgan fingerprint density at radius 1 is 1.29 bits per heavy atom. The molecule has 1 heterocycles. The number of benzene rings is 1. The van der Waals surface area contributed by atoms with Crippen LogP contribution >= 0.6 is 11.6 Å². The number of nitrogens with zero attached hydrogens (tertiary/aromatic N) is 3. The van der Waals surface area contributed by atoms with Crippen LogP contribution < -0.4 is 0 Å². The van der Waals surface area contributed by atoms with Crippen LogP contribution in [0.5, 0.6) is 0 Å². The maximum Gasteiger partial charge on any atom is 0.197 e. The third-order valence-corrected chi connectivity index (χ3v) is 2.40. The van der Waals surface area contributed by atoms with E-state index < -0.39 is 0 Å². The first-order chi connectivity index (χ1) is 8.22. The van der Waals surface area contributed by atoms with Gasteiger partial charge in [0, 0.05) is 23.0 Å². The Hall–Kier alpha value is -2.25. The fourth-order valence-electron chi connectivity index (χ4n) is 1.38. The highest BCUT2D eigenvalue weighted by atomic mass is 35.5. The van der Waals surface area contributed by atoms with Gasteiger partial charge in [0.25, 0.3) is 0 Å². The monoisotopic (exact) mass is 243 g/mol. The van der Waals surface area contributed by atoms with Crippen LogP contribution in [0.2, 0.25) is 5.02 Å². The smallest absolute Gasteiger partial charge is 0.197 e. The third kappa shape index (κ3) is 2.30. The molecule has 0 saturated carbocycles. The Morgan fingerprint density at radius 3 is 2.65 bits per heavy atom. The molecule has 0 radical (unpaired) electrons. The van der Waals surface area contributed by atoms with Gasteiger partial charge in [-0.25, -0.2) is 9.97 Å². The molecule has 0 bridgehead atoms. The average Bonchev–Trinajstić information content (AvgIpc) is 2.39. The largest absolute Gasteiger partial charge is 0.288 e. The number of aromatic nitrogens is 2. The number of hydrogen-bond acceptors (Lipinski definition) is 4. The molecule has 2 aromatic rings. The number of ketones is 1. The van der Waals surface area contributed by atoms with Gasteiger partial charge in [0.15, 0.2) is 5.78 Å². The maximum absolute atomic E-state index is 12.1. The summed E-state index contributed by atoms with van der Waals surface area (Å²) in [4.78, 5) is 19.6. The van der Waals surface area contributed by atoms with Crippen LogP contribution in [0.4, 0.5) is 0 Å². The number of nitriles is 1. The molecule has 0 N–H and O–H groups in total. The molecular formula is C12H6ClN3O. The van der Waals surface area contributed by atoms with Crippen molar-refractivity contribution in [2.24, 2.45) is 0 Å². The van der Waals surface area contributed by atoms with Gasteiger partial charge in [0.2, 0.25) is 0 Å². The fourth-order valence-corrected chi connectivity index (χ4v) is 1.55. The van der Waals surface area contributed by atoms with Crippen LogP contribution in [0.15, 0.2) is 36.9 Å². The summed E-state index contributed by atoms with van der Waals surface area (Å²) in [6, 6.07) is 6.49. The van der Waals surface area contributed by atoms with Gasteiger partial charge in [-0.1, -0.05) is 11.6 Å². The van der Waals surface area contributed by atoms with Crippen LogP contribution in [-0.4, -0.2) is 15.8 Å². The van der Waals surface area contributed by atoms with Gasteiger partial charge in [-0.2, -0.15) is 5.26 Å². The number of rotatable bonds is 2. The lowest BCUT2D eigenvalue weighted by molar-refractivity contribution is 0.103. The maximum atomic E-state index is 12.1. The van der Waals surface area contributed by atoms with Crippen LogP contribution in [0.3, 0.4) is 0 Å². The second-order valence-electron chi connectivity index (χ2n) is 3.26. The molecule has 0 atom stereocenters. The van der Waals surface area contributed by atoms with Crippen LogP contribution in [0.25, 0.3) is 0 Å². The molecule has 17 heavy (non-hydrogen) atoms. The van der Waals surface area contributed by atoms with Crippen molar-refractivity contribution in [3.63, 3.8) is 0 Å². The highest BCUT2D eigenvalue weighted by Crippen LogP contribution is 2.18. The summed E-state index contributed by atoms with van der Waals surface area (Å²) in [5.41, 5.74) is 0.879. The fraction of sp³-hybridized carbons (Fsp3) is 0. The van der Waals surface area contributed by atoms with Crippen LogP contribution in [0.1, 0.15) is 21.5 Å². The van der Waals surface area contributed by atoms with Crippen molar-refractivity contribution in [1.29, 1.82) is 5.26 Å². The third-order valence-electron chi connectivity index (χ3n) is 2.17. The minimum atomic E-state index is -0.293. The number of halogens is 1. The first-order valence-corrected chi connectivity index (χ1v) is 5.09. The highest BCUT2D eigenvalue weighted by molar-refractivity contribution is 6.31. The summed E-state index contributed by atoms with van der Waals surface area (Å²) in [6.07, 6.45) is 4.15. The first-order valence-electron chi connectivity index (χ1n) is 4.71. The molecule has 4 nitrogen and oxygen atoms in total. The molecule has 1 aromatic carbocycles. The predicted octanol–water partition coefficient (Wildman–Crippen LogP) is 2.23. The Morgan fingerprint density at radius 2 is 2.00 bits per heavy atom. The second-order valence-corrected chi connectivity index (χ2v) is 3.69. The molecule has 82 valence electrons. The van der Waals surface area contributed by atoms with Crippen molar-refractivity contribution < 1.29 is 4.79 Å². The van der Waals surface area contributed by atoms with E-state index in [-0.39, 0.29) is 11.3 Å².